The number of halogens is 3. The van der Waals surface area contributed by atoms with Crippen molar-refractivity contribution in [1.29, 1.82) is 0 Å². The molecule has 0 N–H and O–H groups in total. The van der Waals surface area contributed by atoms with Crippen LogP contribution in [0.5, 0.6) is 0 Å². The van der Waals surface area contributed by atoms with Gasteiger partial charge in [0.05, 0.1) is 20.6 Å². The lowest BCUT2D eigenvalue weighted by atomic mass is 10.1. The van der Waals surface area contributed by atoms with Crippen LogP contribution >= 0.6 is 34.8 Å². The molecule has 0 aliphatic carbocycles. The summed E-state index contributed by atoms with van der Waals surface area (Å²) in [5, 5.41) is -0.447. The summed E-state index contributed by atoms with van der Waals surface area (Å²) in [7, 11) is -4.04. The number of hydrogen-bond acceptors (Lipinski definition) is 3. The average Bonchev–Trinajstić information content (AvgIpc) is 2.50. The standard InChI is InChI=1S/C16H14Cl3NO3S/c1-10-4-3-5-15(11(10)2)20(9-16(19)21)24(22,23)12-6-7-13(17)14(18)8-12/h3-8H,9H2,1-2H3. The van der Waals surface area contributed by atoms with E-state index in [0.29, 0.717) is 5.69 Å². The highest BCUT2D eigenvalue weighted by atomic mass is 35.5. The van der Waals surface area contributed by atoms with E-state index in [1.54, 1.807) is 19.1 Å². The van der Waals surface area contributed by atoms with Gasteiger partial charge in [0, 0.05) is 0 Å². The SMILES string of the molecule is Cc1cccc(N(CC(=O)Cl)S(=O)(=O)c2ccc(Cl)c(Cl)c2)c1C. The second-order valence-electron chi connectivity index (χ2n) is 5.16. The van der Waals surface area contributed by atoms with Gasteiger partial charge in [-0.2, -0.15) is 0 Å². The lowest BCUT2D eigenvalue weighted by Crippen LogP contribution is -2.35. The maximum Gasteiger partial charge on any atom is 0.264 e. The van der Waals surface area contributed by atoms with Crippen LogP contribution in [0, 0.1) is 13.8 Å². The number of carbonyl (C=O) groups is 1. The Morgan fingerprint density at radius 2 is 1.75 bits per heavy atom. The molecule has 0 aliphatic rings. The monoisotopic (exact) mass is 405 g/mol. The molecule has 0 amide bonds. The van der Waals surface area contributed by atoms with Crippen LogP contribution in [-0.4, -0.2) is 20.2 Å². The zero-order valence-corrected chi connectivity index (χ0v) is 16.0. The summed E-state index contributed by atoms with van der Waals surface area (Å²) in [5.74, 6) is 0. The summed E-state index contributed by atoms with van der Waals surface area (Å²) in [6.07, 6.45) is 0. The molecule has 2 aromatic rings. The third-order valence-corrected chi connectivity index (χ3v) is 6.21. The Morgan fingerprint density at radius 1 is 1.08 bits per heavy atom. The zero-order chi connectivity index (χ0) is 18.1. The van der Waals surface area contributed by atoms with Crippen molar-refractivity contribution in [2.24, 2.45) is 0 Å². The maximum atomic E-state index is 13.0. The van der Waals surface area contributed by atoms with Gasteiger partial charge in [-0.3, -0.25) is 9.10 Å². The molecule has 128 valence electrons. The van der Waals surface area contributed by atoms with Crippen molar-refractivity contribution in [1.82, 2.24) is 0 Å². The van der Waals surface area contributed by atoms with Gasteiger partial charge in [0.15, 0.2) is 0 Å². The molecule has 0 atom stereocenters. The number of rotatable bonds is 5. The van der Waals surface area contributed by atoms with Crippen LogP contribution in [0.3, 0.4) is 0 Å². The second kappa shape index (κ2) is 7.31. The second-order valence-corrected chi connectivity index (χ2v) is 8.26. The minimum atomic E-state index is -4.04. The molecule has 0 spiro atoms. The fraction of sp³-hybridized carbons (Fsp3) is 0.188. The Labute approximate surface area is 156 Å². The Bertz CT molecular complexity index is 897. The van der Waals surface area contributed by atoms with Crippen LogP contribution in [0.4, 0.5) is 5.69 Å². The summed E-state index contributed by atoms with van der Waals surface area (Å²) in [5.41, 5.74) is 2.01. The molecular formula is C16H14Cl3NO3S. The number of carbonyl (C=O) groups excluding carboxylic acids is 1. The topological polar surface area (TPSA) is 54.5 Å². The highest BCUT2D eigenvalue weighted by molar-refractivity contribution is 7.92. The summed E-state index contributed by atoms with van der Waals surface area (Å²) in [4.78, 5) is 11.4. The third-order valence-electron chi connectivity index (χ3n) is 3.59. The largest absolute Gasteiger partial charge is 0.279 e. The number of anilines is 1. The highest BCUT2D eigenvalue weighted by Gasteiger charge is 2.28. The first-order valence-electron chi connectivity index (χ1n) is 6.87. The number of sulfonamides is 1. The molecule has 0 bridgehead atoms. The first kappa shape index (κ1) is 19.1. The van der Waals surface area contributed by atoms with Gasteiger partial charge < -0.3 is 0 Å². The van der Waals surface area contributed by atoms with Crippen LogP contribution in [0.1, 0.15) is 11.1 Å². The normalized spacial score (nSPS) is 11.4. The van der Waals surface area contributed by atoms with Gasteiger partial charge in [0.25, 0.3) is 10.0 Å². The molecule has 24 heavy (non-hydrogen) atoms. The van der Waals surface area contributed by atoms with Crippen molar-refractivity contribution in [3.63, 3.8) is 0 Å². The van der Waals surface area contributed by atoms with Crippen molar-refractivity contribution in [3.05, 3.63) is 57.6 Å². The van der Waals surface area contributed by atoms with Gasteiger partial charge in [-0.25, -0.2) is 8.42 Å². The molecule has 0 heterocycles. The lowest BCUT2D eigenvalue weighted by molar-refractivity contribution is -0.110. The quantitative estimate of drug-likeness (QED) is 0.683. The fourth-order valence-electron chi connectivity index (χ4n) is 2.18. The number of aryl methyl sites for hydroxylation is 1. The molecule has 8 heteroatoms. The van der Waals surface area contributed by atoms with Gasteiger partial charge in [-0.05, 0) is 60.8 Å². The van der Waals surface area contributed by atoms with E-state index in [1.807, 2.05) is 13.0 Å². The minimum absolute atomic E-state index is 0.0734. The van der Waals surface area contributed by atoms with Crippen molar-refractivity contribution >= 4 is 55.8 Å². The van der Waals surface area contributed by atoms with Crippen LogP contribution in [0.15, 0.2) is 41.3 Å². The maximum absolute atomic E-state index is 13.0. The van der Waals surface area contributed by atoms with E-state index in [4.69, 9.17) is 34.8 Å². The predicted molar refractivity (Wildman–Crippen MR) is 97.8 cm³/mol. The molecule has 2 rings (SSSR count). The Kier molecular flexibility index (Phi) is 5.81. The molecule has 4 nitrogen and oxygen atoms in total. The Balaban J connectivity index is 2.64. The Hall–Kier alpha value is -1.27. The summed E-state index contributed by atoms with van der Waals surface area (Å²) in [6.45, 7) is 3.14. The van der Waals surface area contributed by atoms with E-state index in [1.165, 1.54) is 18.2 Å². The summed E-state index contributed by atoms with van der Waals surface area (Å²) < 4.78 is 27.0. The van der Waals surface area contributed by atoms with Gasteiger partial charge >= 0.3 is 0 Å². The van der Waals surface area contributed by atoms with Crippen LogP contribution in [0.25, 0.3) is 0 Å². The van der Waals surface area contributed by atoms with Crippen LogP contribution < -0.4 is 4.31 Å². The van der Waals surface area contributed by atoms with Crippen molar-refractivity contribution in [3.8, 4) is 0 Å². The first-order valence-corrected chi connectivity index (χ1v) is 9.44. The molecule has 0 fully saturated rings. The average molecular weight is 407 g/mol. The van der Waals surface area contributed by atoms with Gasteiger partial charge in [0.1, 0.15) is 6.54 Å². The number of benzene rings is 2. The molecule has 2 aromatic carbocycles. The van der Waals surface area contributed by atoms with Crippen LogP contribution in [-0.2, 0) is 14.8 Å². The van der Waals surface area contributed by atoms with E-state index in [2.05, 4.69) is 0 Å². The van der Waals surface area contributed by atoms with E-state index >= 15 is 0 Å². The van der Waals surface area contributed by atoms with E-state index < -0.39 is 21.8 Å². The van der Waals surface area contributed by atoms with E-state index in [-0.39, 0.29) is 14.9 Å². The van der Waals surface area contributed by atoms with Crippen LogP contribution in [0.2, 0.25) is 10.0 Å². The molecular weight excluding hydrogens is 393 g/mol. The lowest BCUT2D eigenvalue weighted by Gasteiger charge is -2.25. The van der Waals surface area contributed by atoms with Gasteiger partial charge in [-0.15, -0.1) is 0 Å². The molecule has 0 unspecified atom stereocenters. The van der Waals surface area contributed by atoms with Crippen molar-refractivity contribution in [2.75, 3.05) is 10.8 Å². The zero-order valence-electron chi connectivity index (χ0n) is 12.9. The molecule has 0 radical (unpaired) electrons. The highest BCUT2D eigenvalue weighted by Crippen LogP contribution is 2.31. The van der Waals surface area contributed by atoms with Crippen molar-refractivity contribution in [2.45, 2.75) is 18.7 Å². The molecule has 0 aliphatic heterocycles. The summed E-state index contributed by atoms with van der Waals surface area (Å²) >= 11 is 17.2. The summed E-state index contributed by atoms with van der Waals surface area (Å²) in [6, 6.07) is 9.16. The Morgan fingerprint density at radius 3 is 2.33 bits per heavy atom. The molecule has 0 aromatic heterocycles. The van der Waals surface area contributed by atoms with Crippen molar-refractivity contribution < 1.29 is 13.2 Å². The van der Waals surface area contributed by atoms with Gasteiger partial charge in [-0.1, -0.05) is 35.3 Å². The first-order chi connectivity index (χ1) is 11.1. The molecule has 0 saturated carbocycles. The van der Waals surface area contributed by atoms with Gasteiger partial charge in [0.2, 0.25) is 5.24 Å². The third kappa shape index (κ3) is 3.86. The number of hydrogen-bond donors (Lipinski definition) is 0. The van der Waals surface area contributed by atoms with E-state index in [9.17, 15) is 13.2 Å². The fourth-order valence-corrected chi connectivity index (χ4v) is 4.24. The van der Waals surface area contributed by atoms with E-state index in [0.717, 1.165) is 15.4 Å². The molecule has 0 saturated heterocycles. The number of nitrogens with zero attached hydrogens (tertiary/aromatic N) is 1. The predicted octanol–water partition coefficient (Wildman–Crippen LogP) is 4.57. The minimum Gasteiger partial charge on any atom is -0.279 e. The smallest absolute Gasteiger partial charge is 0.264 e.